The van der Waals surface area contributed by atoms with Crippen LogP contribution >= 0.6 is 0 Å². The zero-order valence-electron chi connectivity index (χ0n) is 19.1. The first-order valence-corrected chi connectivity index (χ1v) is 13.3. The molecular weight excluding hydrogens is 473 g/mol. The highest BCUT2D eigenvalue weighted by Gasteiger charge is 2.47. The first-order chi connectivity index (χ1) is 16.1. The number of sulfonamides is 1. The second-order valence-corrected chi connectivity index (χ2v) is 11.4. The van der Waals surface area contributed by atoms with Gasteiger partial charge in [0.15, 0.2) is 11.9 Å². The van der Waals surface area contributed by atoms with Gasteiger partial charge in [0, 0.05) is 12.6 Å². The summed E-state index contributed by atoms with van der Waals surface area (Å²) >= 11 is 0. The van der Waals surface area contributed by atoms with Crippen molar-refractivity contribution in [3.05, 3.63) is 29.8 Å². The molecule has 5 rings (SSSR count). The van der Waals surface area contributed by atoms with E-state index in [9.17, 15) is 26.4 Å². The number of amides is 1. The van der Waals surface area contributed by atoms with E-state index in [0.29, 0.717) is 38.0 Å². The molecule has 2 fully saturated rings. The predicted octanol–water partition coefficient (Wildman–Crippen LogP) is 3.35. The van der Waals surface area contributed by atoms with Crippen molar-refractivity contribution in [1.29, 1.82) is 0 Å². The SMILES string of the molecule is C[C@H](C(F)(F)F)S(=O)(=O)N[C@H]1CCCN2C(=O)COc3ccccc3[C@H]3CC[C@H](CC3)OC[C@@H]12. The second-order valence-electron chi connectivity index (χ2n) is 9.38. The molecule has 3 atom stereocenters. The number of carbonyl (C=O) groups is 1. The molecule has 1 saturated carbocycles. The van der Waals surface area contributed by atoms with Crippen LogP contribution in [-0.4, -0.2) is 68.6 Å². The molecule has 190 valence electrons. The Morgan fingerprint density at radius 2 is 1.82 bits per heavy atom. The smallest absolute Gasteiger partial charge is 0.406 e. The summed E-state index contributed by atoms with van der Waals surface area (Å²) in [6.45, 7) is 0.806. The van der Waals surface area contributed by atoms with E-state index in [1.807, 2.05) is 24.3 Å². The molecule has 3 heterocycles. The van der Waals surface area contributed by atoms with E-state index >= 15 is 0 Å². The Hall–Kier alpha value is -1.85. The lowest BCUT2D eigenvalue weighted by Gasteiger charge is -2.42. The van der Waals surface area contributed by atoms with Crippen LogP contribution in [0.25, 0.3) is 0 Å². The summed E-state index contributed by atoms with van der Waals surface area (Å²) in [6.07, 6.45) is -0.760. The Morgan fingerprint density at radius 1 is 1.12 bits per heavy atom. The van der Waals surface area contributed by atoms with E-state index in [0.717, 1.165) is 31.2 Å². The van der Waals surface area contributed by atoms with E-state index in [4.69, 9.17) is 9.47 Å². The van der Waals surface area contributed by atoms with Crippen LogP contribution in [0.1, 0.15) is 56.9 Å². The van der Waals surface area contributed by atoms with Gasteiger partial charge in [-0.25, -0.2) is 13.1 Å². The number of carbonyl (C=O) groups excluding carboxylic acids is 1. The van der Waals surface area contributed by atoms with Crippen LogP contribution in [0.3, 0.4) is 0 Å². The summed E-state index contributed by atoms with van der Waals surface area (Å²) in [5.41, 5.74) is 1.06. The van der Waals surface area contributed by atoms with Gasteiger partial charge < -0.3 is 14.4 Å². The van der Waals surface area contributed by atoms with Crippen molar-refractivity contribution in [3.8, 4) is 5.75 Å². The summed E-state index contributed by atoms with van der Waals surface area (Å²) in [5.74, 6) is 0.616. The summed E-state index contributed by atoms with van der Waals surface area (Å²) in [7, 11) is -4.69. The Kier molecular flexibility index (Phi) is 7.44. The minimum absolute atomic E-state index is 0.0460. The number of benzene rings is 1. The minimum atomic E-state index is -4.89. The molecule has 1 saturated heterocycles. The van der Waals surface area contributed by atoms with Gasteiger partial charge in [-0.2, -0.15) is 13.2 Å². The molecule has 0 spiro atoms. The average Bonchev–Trinajstić information content (AvgIpc) is 2.82. The van der Waals surface area contributed by atoms with Crippen molar-refractivity contribution in [3.63, 3.8) is 0 Å². The van der Waals surface area contributed by atoms with Gasteiger partial charge in [0.1, 0.15) is 5.75 Å². The van der Waals surface area contributed by atoms with Crippen LogP contribution < -0.4 is 9.46 Å². The first-order valence-electron chi connectivity index (χ1n) is 11.8. The Bertz CT molecular complexity index is 979. The van der Waals surface area contributed by atoms with Crippen molar-refractivity contribution in [2.45, 2.75) is 81.0 Å². The molecule has 1 aliphatic carbocycles. The molecule has 3 aliphatic heterocycles. The van der Waals surface area contributed by atoms with Crippen LogP contribution in [0.2, 0.25) is 0 Å². The maximum Gasteiger partial charge on any atom is 0.406 e. The molecule has 11 heteroatoms. The van der Waals surface area contributed by atoms with Gasteiger partial charge in [-0.05, 0) is 63.0 Å². The van der Waals surface area contributed by atoms with Crippen molar-refractivity contribution >= 4 is 15.9 Å². The Balaban J connectivity index is 1.59. The van der Waals surface area contributed by atoms with Gasteiger partial charge in [0.25, 0.3) is 5.91 Å². The summed E-state index contributed by atoms with van der Waals surface area (Å²) < 4.78 is 78.7. The number of nitrogens with one attached hydrogen (secondary N) is 1. The van der Waals surface area contributed by atoms with Gasteiger partial charge in [-0.1, -0.05) is 18.2 Å². The molecule has 4 aliphatic rings. The Labute approximate surface area is 198 Å². The van der Waals surface area contributed by atoms with E-state index < -0.39 is 33.5 Å². The molecule has 1 amide bonds. The van der Waals surface area contributed by atoms with Crippen molar-refractivity contribution in [2.75, 3.05) is 19.8 Å². The predicted molar refractivity (Wildman–Crippen MR) is 119 cm³/mol. The fourth-order valence-corrected chi connectivity index (χ4v) is 6.40. The zero-order valence-corrected chi connectivity index (χ0v) is 19.9. The minimum Gasteiger partial charge on any atom is -0.483 e. The van der Waals surface area contributed by atoms with Crippen LogP contribution in [0.4, 0.5) is 13.2 Å². The number of ether oxygens (including phenoxy) is 2. The van der Waals surface area contributed by atoms with Crippen LogP contribution in [0.15, 0.2) is 24.3 Å². The highest BCUT2D eigenvalue weighted by molar-refractivity contribution is 7.90. The van der Waals surface area contributed by atoms with Gasteiger partial charge in [-0.15, -0.1) is 0 Å². The van der Waals surface area contributed by atoms with Crippen LogP contribution in [0, 0.1) is 0 Å². The third-order valence-electron chi connectivity index (χ3n) is 7.23. The van der Waals surface area contributed by atoms with E-state index in [1.165, 1.54) is 4.90 Å². The monoisotopic (exact) mass is 504 g/mol. The van der Waals surface area contributed by atoms with Gasteiger partial charge in [0.05, 0.1) is 18.8 Å². The molecule has 2 bridgehead atoms. The molecular formula is C23H31F3N2O5S. The van der Waals surface area contributed by atoms with Gasteiger partial charge in [-0.3, -0.25) is 4.79 Å². The standard InChI is InChI=1S/C23H31F3N2O5S/c1-15(23(24,25)26)34(30,31)27-19-6-4-12-28-20(19)13-32-17-10-8-16(9-11-17)18-5-2-3-7-21(18)33-14-22(28)29/h2-3,5,7,15-17,19-20,27H,4,6,8-14H2,1H3/t15-,16-,17+,19+,20+/m1/s1. The molecule has 1 aromatic carbocycles. The largest absolute Gasteiger partial charge is 0.483 e. The highest BCUT2D eigenvalue weighted by Crippen LogP contribution is 2.39. The number of nitrogens with zero attached hydrogens (tertiary/aromatic N) is 1. The van der Waals surface area contributed by atoms with Crippen molar-refractivity contribution in [1.82, 2.24) is 9.62 Å². The number of alkyl halides is 3. The van der Waals surface area contributed by atoms with E-state index in [-0.39, 0.29) is 25.2 Å². The molecule has 0 radical (unpaired) electrons. The number of hydrogen-bond acceptors (Lipinski definition) is 5. The zero-order chi connectivity index (χ0) is 24.5. The summed E-state index contributed by atoms with van der Waals surface area (Å²) in [6, 6.07) is 6.07. The maximum absolute atomic E-state index is 13.1. The molecule has 34 heavy (non-hydrogen) atoms. The third kappa shape index (κ3) is 5.52. The first kappa shape index (κ1) is 25.2. The summed E-state index contributed by atoms with van der Waals surface area (Å²) in [5, 5.41) is -2.56. The maximum atomic E-state index is 13.1. The molecule has 1 N–H and O–H groups in total. The third-order valence-corrected chi connectivity index (χ3v) is 9.06. The van der Waals surface area contributed by atoms with Gasteiger partial charge >= 0.3 is 6.18 Å². The lowest BCUT2D eigenvalue weighted by Crippen LogP contribution is -2.61. The molecule has 7 nitrogen and oxygen atoms in total. The number of fused-ring (bicyclic) bond motifs is 5. The van der Waals surface area contributed by atoms with E-state index in [1.54, 1.807) is 0 Å². The van der Waals surface area contributed by atoms with Crippen molar-refractivity contribution in [2.24, 2.45) is 0 Å². The normalized spacial score (nSPS) is 29.6. The fourth-order valence-electron chi connectivity index (χ4n) is 5.15. The highest BCUT2D eigenvalue weighted by atomic mass is 32.2. The number of piperidine rings is 1. The van der Waals surface area contributed by atoms with Gasteiger partial charge in [0.2, 0.25) is 10.0 Å². The summed E-state index contributed by atoms with van der Waals surface area (Å²) in [4.78, 5) is 14.6. The molecule has 1 aromatic rings. The number of hydrogen-bond donors (Lipinski definition) is 1. The number of halogens is 3. The fraction of sp³-hybridized carbons (Fsp3) is 0.696. The molecule has 0 aromatic heterocycles. The average molecular weight is 505 g/mol. The quantitative estimate of drug-likeness (QED) is 0.683. The number of para-hydroxylation sites is 1. The second kappa shape index (κ2) is 10.0. The van der Waals surface area contributed by atoms with Crippen LogP contribution in [0.5, 0.6) is 5.75 Å². The van der Waals surface area contributed by atoms with Crippen LogP contribution in [-0.2, 0) is 19.6 Å². The lowest BCUT2D eigenvalue weighted by molar-refractivity contribution is -0.140. The lowest BCUT2D eigenvalue weighted by atomic mass is 9.82. The number of rotatable bonds is 3. The topological polar surface area (TPSA) is 84.9 Å². The molecule has 0 unspecified atom stereocenters. The van der Waals surface area contributed by atoms with E-state index in [2.05, 4.69) is 4.72 Å². The van der Waals surface area contributed by atoms with Crippen molar-refractivity contribution < 1.29 is 35.9 Å². The Morgan fingerprint density at radius 3 is 2.53 bits per heavy atom.